The van der Waals surface area contributed by atoms with E-state index in [4.69, 9.17) is 0 Å². The zero-order valence-electron chi connectivity index (χ0n) is 12.6. The molecule has 0 aliphatic heterocycles. The van der Waals surface area contributed by atoms with Gasteiger partial charge in [-0.3, -0.25) is 4.79 Å². The van der Waals surface area contributed by atoms with E-state index in [0.717, 1.165) is 31.7 Å². The molecule has 2 aromatic heterocycles. The van der Waals surface area contributed by atoms with Crippen LogP contribution in [0, 0.1) is 20.8 Å². The number of thiophene rings is 1. The predicted octanol–water partition coefficient (Wildman–Crippen LogP) is 5.05. The molecule has 0 atom stereocenters. The minimum Gasteiger partial charge on any atom is -0.321 e. The van der Waals surface area contributed by atoms with Crippen LogP contribution >= 0.6 is 22.7 Å². The minimum atomic E-state index is -0.0808. The van der Waals surface area contributed by atoms with Crippen molar-refractivity contribution in [2.75, 3.05) is 5.32 Å². The molecule has 0 saturated carbocycles. The normalized spacial score (nSPS) is 10.7. The van der Waals surface area contributed by atoms with Crippen molar-refractivity contribution in [1.29, 1.82) is 0 Å². The van der Waals surface area contributed by atoms with E-state index in [2.05, 4.69) is 10.3 Å². The van der Waals surface area contributed by atoms with E-state index in [1.165, 1.54) is 0 Å². The van der Waals surface area contributed by atoms with Crippen molar-refractivity contribution in [3.05, 3.63) is 57.4 Å². The standard InChI is InChI=1S/C17H16N2OS2/c1-10-4-6-13(7-5-10)16(20)19-14-8-15(22-12(14)3)17-18-11(2)9-21-17/h4-9H,1-3H3,(H,19,20). The first-order valence-corrected chi connectivity index (χ1v) is 8.63. The van der Waals surface area contributed by atoms with E-state index in [1.54, 1.807) is 22.7 Å². The molecule has 1 aromatic carbocycles. The Balaban J connectivity index is 1.82. The molecule has 1 N–H and O–H groups in total. The molecular weight excluding hydrogens is 312 g/mol. The third-order valence-electron chi connectivity index (χ3n) is 3.31. The third-order valence-corrected chi connectivity index (χ3v) is 5.49. The van der Waals surface area contributed by atoms with Crippen LogP contribution in [0.25, 0.3) is 9.88 Å². The smallest absolute Gasteiger partial charge is 0.255 e. The van der Waals surface area contributed by atoms with Crippen LogP contribution in [0.3, 0.4) is 0 Å². The van der Waals surface area contributed by atoms with Crippen LogP contribution in [0.2, 0.25) is 0 Å². The Kier molecular flexibility index (Phi) is 4.09. The molecule has 0 bridgehead atoms. The van der Waals surface area contributed by atoms with Gasteiger partial charge in [-0.15, -0.1) is 22.7 Å². The van der Waals surface area contributed by atoms with Crippen LogP contribution < -0.4 is 5.32 Å². The maximum absolute atomic E-state index is 12.3. The third kappa shape index (κ3) is 3.10. The Hall–Kier alpha value is -1.98. The zero-order chi connectivity index (χ0) is 15.7. The van der Waals surface area contributed by atoms with Gasteiger partial charge in [0.15, 0.2) is 0 Å². The number of hydrogen-bond donors (Lipinski definition) is 1. The topological polar surface area (TPSA) is 42.0 Å². The number of aromatic nitrogens is 1. The second-order valence-corrected chi connectivity index (χ2v) is 7.31. The molecule has 0 aliphatic rings. The van der Waals surface area contributed by atoms with Gasteiger partial charge in [-0.2, -0.15) is 0 Å². The molecule has 0 saturated heterocycles. The molecule has 3 rings (SSSR count). The zero-order valence-corrected chi connectivity index (χ0v) is 14.3. The first-order valence-electron chi connectivity index (χ1n) is 6.94. The first-order chi connectivity index (χ1) is 10.5. The molecule has 1 amide bonds. The molecule has 112 valence electrons. The summed E-state index contributed by atoms with van der Waals surface area (Å²) in [7, 11) is 0. The molecule has 3 nitrogen and oxygen atoms in total. The van der Waals surface area contributed by atoms with E-state index in [1.807, 2.05) is 56.5 Å². The molecule has 0 spiro atoms. The van der Waals surface area contributed by atoms with Gasteiger partial charge in [0, 0.05) is 21.5 Å². The highest BCUT2D eigenvalue weighted by Gasteiger charge is 2.13. The van der Waals surface area contributed by atoms with Crippen LogP contribution in [0.1, 0.15) is 26.5 Å². The van der Waals surface area contributed by atoms with Crippen LogP contribution in [0.4, 0.5) is 5.69 Å². The predicted molar refractivity (Wildman–Crippen MR) is 94.0 cm³/mol. The quantitative estimate of drug-likeness (QED) is 0.731. The van der Waals surface area contributed by atoms with Gasteiger partial charge in [0.25, 0.3) is 5.91 Å². The number of benzene rings is 1. The van der Waals surface area contributed by atoms with Crippen LogP contribution in [0.5, 0.6) is 0 Å². The van der Waals surface area contributed by atoms with Gasteiger partial charge in [0.05, 0.1) is 10.6 Å². The monoisotopic (exact) mass is 328 g/mol. The molecular formula is C17H16N2OS2. The Labute approximate surface area is 137 Å². The average Bonchev–Trinajstić information content (AvgIpc) is 3.06. The van der Waals surface area contributed by atoms with E-state index in [9.17, 15) is 4.79 Å². The van der Waals surface area contributed by atoms with Gasteiger partial charge >= 0.3 is 0 Å². The number of rotatable bonds is 3. The molecule has 0 unspecified atom stereocenters. The van der Waals surface area contributed by atoms with Crippen molar-refractivity contribution in [3.63, 3.8) is 0 Å². The Bertz CT molecular complexity index is 816. The van der Waals surface area contributed by atoms with Gasteiger partial charge in [0.2, 0.25) is 0 Å². The van der Waals surface area contributed by atoms with Crippen LogP contribution in [-0.2, 0) is 0 Å². The van der Waals surface area contributed by atoms with Crippen molar-refractivity contribution in [1.82, 2.24) is 4.98 Å². The van der Waals surface area contributed by atoms with Gasteiger partial charge in [-0.1, -0.05) is 17.7 Å². The van der Waals surface area contributed by atoms with Crippen molar-refractivity contribution >= 4 is 34.3 Å². The van der Waals surface area contributed by atoms with Gasteiger partial charge < -0.3 is 5.32 Å². The number of thiazole rings is 1. The molecule has 3 aromatic rings. The molecule has 2 heterocycles. The van der Waals surface area contributed by atoms with Crippen molar-refractivity contribution in [3.8, 4) is 9.88 Å². The van der Waals surface area contributed by atoms with Crippen molar-refractivity contribution < 1.29 is 4.79 Å². The fraction of sp³-hybridized carbons (Fsp3) is 0.176. The van der Waals surface area contributed by atoms with Crippen LogP contribution in [0.15, 0.2) is 35.7 Å². The second-order valence-electron chi connectivity index (χ2n) is 5.19. The van der Waals surface area contributed by atoms with Gasteiger partial charge in [-0.05, 0) is 39.0 Å². The van der Waals surface area contributed by atoms with E-state index >= 15 is 0 Å². The summed E-state index contributed by atoms with van der Waals surface area (Å²) in [5, 5.41) is 6.03. The summed E-state index contributed by atoms with van der Waals surface area (Å²) in [5.74, 6) is -0.0808. The number of carbonyl (C=O) groups excluding carboxylic acids is 1. The molecule has 0 aliphatic carbocycles. The Morgan fingerprint density at radius 2 is 1.86 bits per heavy atom. The highest BCUT2D eigenvalue weighted by molar-refractivity contribution is 7.21. The number of nitrogens with one attached hydrogen (secondary N) is 1. The maximum Gasteiger partial charge on any atom is 0.255 e. The molecule has 0 fully saturated rings. The first kappa shape index (κ1) is 14.9. The highest BCUT2D eigenvalue weighted by Crippen LogP contribution is 2.35. The summed E-state index contributed by atoms with van der Waals surface area (Å²) >= 11 is 3.28. The molecule has 0 radical (unpaired) electrons. The summed E-state index contributed by atoms with van der Waals surface area (Å²) in [6, 6.07) is 9.58. The van der Waals surface area contributed by atoms with E-state index in [-0.39, 0.29) is 5.91 Å². The Morgan fingerprint density at radius 1 is 1.14 bits per heavy atom. The second kappa shape index (κ2) is 6.02. The fourth-order valence-corrected chi connectivity index (χ4v) is 3.91. The maximum atomic E-state index is 12.3. The summed E-state index contributed by atoms with van der Waals surface area (Å²) in [5.41, 5.74) is 3.70. The summed E-state index contributed by atoms with van der Waals surface area (Å²) in [4.78, 5) is 19.0. The van der Waals surface area contributed by atoms with E-state index < -0.39 is 0 Å². The van der Waals surface area contributed by atoms with E-state index in [0.29, 0.717) is 5.56 Å². The van der Waals surface area contributed by atoms with Crippen molar-refractivity contribution in [2.24, 2.45) is 0 Å². The van der Waals surface area contributed by atoms with Crippen LogP contribution in [-0.4, -0.2) is 10.9 Å². The SMILES string of the molecule is Cc1ccc(C(=O)Nc2cc(-c3nc(C)cs3)sc2C)cc1. The van der Waals surface area contributed by atoms with Gasteiger partial charge in [0.1, 0.15) is 5.01 Å². The number of amides is 1. The number of hydrogen-bond acceptors (Lipinski definition) is 4. The Morgan fingerprint density at radius 3 is 2.50 bits per heavy atom. The molecule has 5 heteroatoms. The lowest BCUT2D eigenvalue weighted by Gasteiger charge is -2.04. The lowest BCUT2D eigenvalue weighted by atomic mass is 10.1. The lowest BCUT2D eigenvalue weighted by Crippen LogP contribution is -2.11. The minimum absolute atomic E-state index is 0.0808. The number of carbonyl (C=O) groups is 1. The fourth-order valence-electron chi connectivity index (χ4n) is 2.08. The average molecular weight is 328 g/mol. The lowest BCUT2D eigenvalue weighted by molar-refractivity contribution is 0.102. The number of anilines is 1. The molecule has 22 heavy (non-hydrogen) atoms. The number of aryl methyl sites for hydroxylation is 3. The highest BCUT2D eigenvalue weighted by atomic mass is 32.1. The van der Waals surface area contributed by atoms with Gasteiger partial charge in [-0.25, -0.2) is 4.98 Å². The summed E-state index contributed by atoms with van der Waals surface area (Å²) < 4.78 is 0. The largest absolute Gasteiger partial charge is 0.321 e. The summed E-state index contributed by atoms with van der Waals surface area (Å²) in [6.07, 6.45) is 0. The summed E-state index contributed by atoms with van der Waals surface area (Å²) in [6.45, 7) is 6.01. The van der Waals surface area contributed by atoms with Crippen molar-refractivity contribution in [2.45, 2.75) is 20.8 Å². The number of nitrogens with zero attached hydrogens (tertiary/aromatic N) is 1.